The predicted molar refractivity (Wildman–Crippen MR) is 80.4 cm³/mol. The van der Waals surface area contributed by atoms with Crippen LogP contribution in [-0.4, -0.2) is 41.5 Å². The summed E-state index contributed by atoms with van der Waals surface area (Å²) in [6.45, 7) is 0. The Labute approximate surface area is 122 Å². The van der Waals surface area contributed by atoms with Gasteiger partial charge >= 0.3 is 0 Å². The molecule has 3 fully saturated rings. The van der Waals surface area contributed by atoms with Crippen LogP contribution in [0.25, 0.3) is 0 Å². The highest BCUT2D eigenvalue weighted by Gasteiger charge is 2.50. The summed E-state index contributed by atoms with van der Waals surface area (Å²) >= 11 is 0. The zero-order chi connectivity index (χ0) is 14.2. The first-order valence-electron chi connectivity index (χ1n) is 8.40. The van der Waals surface area contributed by atoms with Crippen LogP contribution in [0.3, 0.4) is 0 Å². The number of rotatable bonds is 3. The molecular weight excluding hydrogens is 250 g/mol. The first kappa shape index (κ1) is 14.3. The average Bonchev–Trinajstić information content (AvgIpc) is 2.67. The molecule has 0 aromatic rings. The van der Waals surface area contributed by atoms with Crippen LogP contribution in [0, 0.1) is 0 Å². The number of fused-ring (bicyclic) bond motifs is 2. The summed E-state index contributed by atoms with van der Waals surface area (Å²) in [5, 5.41) is 3.73. The quantitative estimate of drug-likeness (QED) is 0.774. The van der Waals surface area contributed by atoms with E-state index < -0.39 is 5.54 Å². The summed E-state index contributed by atoms with van der Waals surface area (Å²) in [5.74, 6) is -0.119. The maximum Gasteiger partial charge on any atom is 0.237 e. The van der Waals surface area contributed by atoms with E-state index in [0.29, 0.717) is 18.1 Å². The molecule has 20 heavy (non-hydrogen) atoms. The molecular formula is C16H29N3O. The van der Waals surface area contributed by atoms with Gasteiger partial charge < -0.3 is 16.0 Å². The first-order valence-corrected chi connectivity index (χ1v) is 8.40. The molecule has 3 N–H and O–H groups in total. The average molecular weight is 279 g/mol. The van der Waals surface area contributed by atoms with Gasteiger partial charge in [0.25, 0.3) is 0 Å². The molecule has 0 spiro atoms. The van der Waals surface area contributed by atoms with Crippen molar-refractivity contribution in [2.45, 2.75) is 87.9 Å². The van der Waals surface area contributed by atoms with Crippen molar-refractivity contribution in [1.82, 2.24) is 10.2 Å². The summed E-state index contributed by atoms with van der Waals surface area (Å²) in [6.07, 6.45) is 12.0. The second-order valence-electron chi connectivity index (χ2n) is 7.24. The maximum atomic E-state index is 12.2. The Kier molecular flexibility index (Phi) is 4.04. The van der Waals surface area contributed by atoms with Gasteiger partial charge in [0.2, 0.25) is 5.91 Å². The van der Waals surface area contributed by atoms with Crippen LogP contribution in [0.1, 0.15) is 64.2 Å². The number of hydrogen-bond donors (Lipinski definition) is 2. The van der Waals surface area contributed by atoms with Crippen LogP contribution < -0.4 is 11.1 Å². The summed E-state index contributed by atoms with van der Waals surface area (Å²) in [5.41, 5.74) is 5.40. The monoisotopic (exact) mass is 279 g/mol. The molecule has 4 heteroatoms. The Morgan fingerprint density at radius 2 is 1.60 bits per heavy atom. The van der Waals surface area contributed by atoms with Crippen LogP contribution in [0.5, 0.6) is 0 Å². The lowest BCUT2D eigenvalue weighted by Crippen LogP contribution is -2.65. The molecule has 2 unspecified atom stereocenters. The molecule has 3 rings (SSSR count). The highest BCUT2D eigenvalue weighted by Crippen LogP contribution is 2.40. The van der Waals surface area contributed by atoms with Crippen LogP contribution in [0.2, 0.25) is 0 Å². The number of carbonyl (C=O) groups is 1. The first-order chi connectivity index (χ1) is 9.61. The molecule has 1 aliphatic carbocycles. The molecule has 0 radical (unpaired) electrons. The van der Waals surface area contributed by atoms with Gasteiger partial charge in [-0.25, -0.2) is 0 Å². The van der Waals surface area contributed by atoms with Crippen molar-refractivity contribution in [3.05, 3.63) is 0 Å². The van der Waals surface area contributed by atoms with E-state index in [1.54, 1.807) is 0 Å². The standard InChI is InChI=1S/C16H29N3O/c1-19-13-8-9-14(19)11-16(10-13,15(17)20)18-12-6-4-2-3-5-7-12/h12-14,18H,2-11H2,1H3,(H2,17,20). The highest BCUT2D eigenvalue weighted by molar-refractivity contribution is 5.85. The Morgan fingerprint density at radius 1 is 1.05 bits per heavy atom. The molecule has 2 bridgehead atoms. The van der Waals surface area contributed by atoms with Gasteiger partial charge in [-0.15, -0.1) is 0 Å². The third-order valence-electron chi connectivity index (χ3n) is 5.96. The van der Waals surface area contributed by atoms with Gasteiger partial charge in [-0.2, -0.15) is 0 Å². The van der Waals surface area contributed by atoms with E-state index in [1.807, 2.05) is 0 Å². The number of carbonyl (C=O) groups excluding carboxylic acids is 1. The van der Waals surface area contributed by atoms with Gasteiger partial charge in [0.05, 0.1) is 0 Å². The van der Waals surface area contributed by atoms with E-state index in [2.05, 4.69) is 17.3 Å². The number of nitrogens with one attached hydrogen (secondary N) is 1. The smallest absolute Gasteiger partial charge is 0.237 e. The lowest BCUT2D eigenvalue weighted by Gasteiger charge is -2.45. The zero-order valence-electron chi connectivity index (χ0n) is 12.7. The lowest BCUT2D eigenvalue weighted by molar-refractivity contribution is -0.128. The number of nitrogens with two attached hydrogens (primary N) is 1. The molecule has 0 aromatic carbocycles. The fourth-order valence-corrected chi connectivity index (χ4v) is 4.67. The molecule has 1 saturated carbocycles. The van der Waals surface area contributed by atoms with Gasteiger partial charge in [0, 0.05) is 18.1 Å². The zero-order valence-corrected chi connectivity index (χ0v) is 12.7. The van der Waals surface area contributed by atoms with Gasteiger partial charge in [-0.1, -0.05) is 25.7 Å². The summed E-state index contributed by atoms with van der Waals surface area (Å²) in [6, 6.07) is 1.58. The fraction of sp³-hybridized carbons (Fsp3) is 0.938. The second kappa shape index (κ2) is 5.64. The molecule has 0 aromatic heterocycles. The maximum absolute atomic E-state index is 12.2. The Bertz CT molecular complexity index is 349. The predicted octanol–water partition coefficient (Wildman–Crippen LogP) is 1.78. The van der Waals surface area contributed by atoms with E-state index in [1.165, 1.54) is 51.4 Å². The lowest BCUT2D eigenvalue weighted by atomic mass is 9.81. The van der Waals surface area contributed by atoms with Crippen LogP contribution in [-0.2, 0) is 4.79 Å². The normalized spacial score (nSPS) is 39.6. The van der Waals surface area contributed by atoms with Crippen LogP contribution in [0.4, 0.5) is 0 Å². The Balaban J connectivity index is 1.73. The SMILES string of the molecule is CN1C2CCC1CC(NC1CCCCCC1)(C(N)=O)C2. The van der Waals surface area contributed by atoms with Gasteiger partial charge in [0.15, 0.2) is 0 Å². The van der Waals surface area contributed by atoms with Crippen LogP contribution >= 0.6 is 0 Å². The van der Waals surface area contributed by atoms with E-state index in [4.69, 9.17) is 5.73 Å². The molecule has 3 aliphatic rings. The summed E-state index contributed by atoms with van der Waals surface area (Å²) in [4.78, 5) is 14.7. The topological polar surface area (TPSA) is 58.4 Å². The number of hydrogen-bond acceptors (Lipinski definition) is 3. The van der Waals surface area contributed by atoms with E-state index in [0.717, 1.165) is 12.8 Å². The number of piperidine rings is 1. The highest BCUT2D eigenvalue weighted by atomic mass is 16.1. The van der Waals surface area contributed by atoms with Gasteiger partial charge in [-0.3, -0.25) is 4.79 Å². The molecule has 1 amide bonds. The van der Waals surface area contributed by atoms with E-state index in [-0.39, 0.29) is 5.91 Å². The third-order valence-corrected chi connectivity index (χ3v) is 5.96. The second-order valence-corrected chi connectivity index (χ2v) is 7.24. The molecule has 2 atom stereocenters. The molecule has 2 heterocycles. The van der Waals surface area contributed by atoms with Crippen molar-refractivity contribution in [1.29, 1.82) is 0 Å². The third kappa shape index (κ3) is 2.60. The molecule has 114 valence electrons. The van der Waals surface area contributed by atoms with Crippen molar-refractivity contribution < 1.29 is 4.79 Å². The number of nitrogens with zero attached hydrogens (tertiary/aromatic N) is 1. The Hall–Kier alpha value is -0.610. The number of primary amides is 1. The minimum absolute atomic E-state index is 0.119. The van der Waals surface area contributed by atoms with Crippen molar-refractivity contribution in [2.75, 3.05) is 7.05 Å². The van der Waals surface area contributed by atoms with E-state index in [9.17, 15) is 4.79 Å². The van der Waals surface area contributed by atoms with Crippen molar-refractivity contribution in [3.63, 3.8) is 0 Å². The Morgan fingerprint density at radius 3 is 2.10 bits per heavy atom. The van der Waals surface area contributed by atoms with Gasteiger partial charge in [-0.05, 0) is 45.6 Å². The van der Waals surface area contributed by atoms with E-state index >= 15 is 0 Å². The largest absolute Gasteiger partial charge is 0.368 e. The fourth-order valence-electron chi connectivity index (χ4n) is 4.67. The molecule has 4 nitrogen and oxygen atoms in total. The summed E-state index contributed by atoms with van der Waals surface area (Å²) < 4.78 is 0. The van der Waals surface area contributed by atoms with Crippen molar-refractivity contribution in [2.24, 2.45) is 5.73 Å². The molecule has 2 aliphatic heterocycles. The number of amides is 1. The van der Waals surface area contributed by atoms with Crippen LogP contribution in [0.15, 0.2) is 0 Å². The molecule has 2 saturated heterocycles. The minimum atomic E-state index is -0.437. The van der Waals surface area contributed by atoms with Crippen molar-refractivity contribution >= 4 is 5.91 Å². The van der Waals surface area contributed by atoms with Gasteiger partial charge in [0.1, 0.15) is 5.54 Å². The summed E-state index contributed by atoms with van der Waals surface area (Å²) in [7, 11) is 2.21. The minimum Gasteiger partial charge on any atom is -0.368 e. The van der Waals surface area contributed by atoms with Crippen molar-refractivity contribution in [3.8, 4) is 0 Å².